The molecule has 116 valence electrons. The number of hydrogen-bond donors (Lipinski definition) is 1. The Kier molecular flexibility index (Phi) is 4.53. The van der Waals surface area contributed by atoms with Crippen molar-refractivity contribution in [2.24, 2.45) is 0 Å². The lowest BCUT2D eigenvalue weighted by Crippen LogP contribution is -2.39. The van der Waals surface area contributed by atoms with Gasteiger partial charge in [-0.05, 0) is 37.1 Å². The van der Waals surface area contributed by atoms with E-state index in [1.165, 1.54) is 5.57 Å². The quantitative estimate of drug-likeness (QED) is 0.859. The predicted octanol–water partition coefficient (Wildman–Crippen LogP) is 3.19. The van der Waals surface area contributed by atoms with Crippen molar-refractivity contribution < 1.29 is 4.52 Å². The molecular weight excluding hydrogens is 276 g/mol. The van der Waals surface area contributed by atoms with Gasteiger partial charge < -0.3 is 9.84 Å². The van der Waals surface area contributed by atoms with E-state index in [1.807, 2.05) is 30.3 Å². The van der Waals surface area contributed by atoms with Crippen LogP contribution in [0.25, 0.3) is 11.5 Å². The van der Waals surface area contributed by atoms with Crippen LogP contribution in [0.1, 0.15) is 19.8 Å². The zero-order valence-electron chi connectivity index (χ0n) is 13.0. The van der Waals surface area contributed by atoms with Crippen molar-refractivity contribution in [1.29, 1.82) is 0 Å². The molecule has 2 aromatic rings. The number of benzene rings is 1. The highest BCUT2D eigenvalue weighted by Gasteiger charge is 2.20. The second-order valence-corrected chi connectivity index (χ2v) is 5.94. The lowest BCUT2D eigenvalue weighted by atomic mass is 10.0. The summed E-state index contributed by atoms with van der Waals surface area (Å²) in [7, 11) is 0. The van der Waals surface area contributed by atoms with E-state index in [4.69, 9.17) is 4.52 Å². The first kappa shape index (κ1) is 14.8. The summed E-state index contributed by atoms with van der Waals surface area (Å²) in [5.74, 6) is 1.14. The molecule has 0 atom stereocenters. The molecule has 0 saturated carbocycles. The van der Waals surface area contributed by atoms with Crippen LogP contribution in [0.5, 0.6) is 0 Å². The van der Waals surface area contributed by atoms with Crippen LogP contribution in [0.2, 0.25) is 0 Å². The number of nitrogens with one attached hydrogen (secondary N) is 1. The van der Waals surface area contributed by atoms with Crippen molar-refractivity contribution >= 4 is 5.95 Å². The zero-order chi connectivity index (χ0) is 15.4. The van der Waals surface area contributed by atoms with Crippen LogP contribution in [0.15, 0.2) is 47.0 Å². The molecule has 2 heterocycles. The highest BCUT2D eigenvalue weighted by Crippen LogP contribution is 2.20. The fourth-order valence-electron chi connectivity index (χ4n) is 2.78. The van der Waals surface area contributed by atoms with Crippen LogP contribution in [0, 0.1) is 0 Å². The lowest BCUT2D eigenvalue weighted by Gasteiger charge is -2.32. The number of piperidine rings is 1. The number of rotatable bonds is 5. The van der Waals surface area contributed by atoms with E-state index < -0.39 is 0 Å². The van der Waals surface area contributed by atoms with Gasteiger partial charge in [0.25, 0.3) is 11.8 Å². The molecule has 0 amide bonds. The summed E-state index contributed by atoms with van der Waals surface area (Å²) < 4.78 is 5.32. The normalized spacial score (nSPS) is 16.6. The third kappa shape index (κ3) is 3.74. The fraction of sp³-hybridized carbons (Fsp3) is 0.412. The van der Waals surface area contributed by atoms with E-state index in [0.29, 0.717) is 17.9 Å². The van der Waals surface area contributed by atoms with Crippen LogP contribution in [-0.2, 0) is 0 Å². The maximum Gasteiger partial charge on any atom is 0.263 e. The predicted molar refractivity (Wildman–Crippen MR) is 87.6 cm³/mol. The molecule has 1 aromatic carbocycles. The van der Waals surface area contributed by atoms with Gasteiger partial charge in [-0.3, -0.25) is 4.90 Å². The van der Waals surface area contributed by atoms with Crippen molar-refractivity contribution in [3.8, 4) is 11.5 Å². The molecule has 1 aliphatic heterocycles. The first-order valence-corrected chi connectivity index (χ1v) is 7.73. The van der Waals surface area contributed by atoms with Crippen molar-refractivity contribution in [2.45, 2.75) is 25.8 Å². The van der Waals surface area contributed by atoms with Crippen molar-refractivity contribution in [3.63, 3.8) is 0 Å². The largest absolute Gasteiger partial charge is 0.349 e. The van der Waals surface area contributed by atoms with Crippen LogP contribution < -0.4 is 5.32 Å². The van der Waals surface area contributed by atoms with Crippen molar-refractivity contribution in [2.75, 3.05) is 25.0 Å². The van der Waals surface area contributed by atoms with Crippen LogP contribution >= 0.6 is 0 Å². The molecule has 5 nitrogen and oxygen atoms in total. The Balaban J connectivity index is 1.55. The number of hydrogen-bond acceptors (Lipinski definition) is 5. The minimum absolute atomic E-state index is 0.405. The maximum absolute atomic E-state index is 5.32. The standard InChI is InChI=1S/C17H22N4O/c1-13(2)12-21-10-8-15(9-11-21)18-17-19-16(22-20-17)14-6-4-3-5-7-14/h3-7,15H,1,8-12H2,2H3,(H,18,20). The van der Waals surface area contributed by atoms with Gasteiger partial charge >= 0.3 is 0 Å². The summed E-state index contributed by atoms with van der Waals surface area (Å²) in [4.78, 5) is 6.86. The molecule has 1 fully saturated rings. The maximum atomic E-state index is 5.32. The first-order valence-electron chi connectivity index (χ1n) is 7.73. The molecule has 1 aliphatic rings. The Morgan fingerprint density at radius 3 is 2.73 bits per heavy atom. The monoisotopic (exact) mass is 298 g/mol. The average molecular weight is 298 g/mol. The number of nitrogens with zero attached hydrogens (tertiary/aromatic N) is 3. The van der Waals surface area contributed by atoms with Crippen molar-refractivity contribution in [3.05, 3.63) is 42.5 Å². The molecule has 3 rings (SSSR count). The molecule has 0 aliphatic carbocycles. The molecular formula is C17H22N4O. The van der Waals surface area contributed by atoms with E-state index in [0.717, 1.165) is 38.0 Å². The molecule has 22 heavy (non-hydrogen) atoms. The summed E-state index contributed by atoms with van der Waals surface area (Å²) in [5, 5.41) is 7.41. The first-order chi connectivity index (χ1) is 10.7. The molecule has 1 saturated heterocycles. The topological polar surface area (TPSA) is 54.2 Å². The Bertz CT molecular complexity index is 615. The van der Waals surface area contributed by atoms with Gasteiger partial charge in [0.1, 0.15) is 0 Å². The van der Waals surface area contributed by atoms with E-state index >= 15 is 0 Å². The number of anilines is 1. The summed E-state index contributed by atoms with van der Waals surface area (Å²) in [6, 6.07) is 10.2. The molecule has 5 heteroatoms. The van der Waals surface area contributed by atoms with E-state index in [9.17, 15) is 0 Å². The van der Waals surface area contributed by atoms with E-state index in [2.05, 4.69) is 33.9 Å². The van der Waals surface area contributed by atoms with Gasteiger partial charge in [0.15, 0.2) is 0 Å². The van der Waals surface area contributed by atoms with Gasteiger partial charge in [0.2, 0.25) is 0 Å². The molecule has 1 aromatic heterocycles. The minimum atomic E-state index is 0.405. The number of aromatic nitrogens is 2. The smallest absolute Gasteiger partial charge is 0.263 e. The summed E-state index contributed by atoms with van der Waals surface area (Å²) in [6.45, 7) is 9.20. The van der Waals surface area contributed by atoms with Crippen molar-refractivity contribution in [1.82, 2.24) is 15.0 Å². The Labute approximate surface area is 131 Å². The third-order valence-corrected chi connectivity index (χ3v) is 3.86. The fourth-order valence-corrected chi connectivity index (χ4v) is 2.78. The van der Waals surface area contributed by atoms with Gasteiger partial charge in [-0.2, -0.15) is 4.98 Å². The second-order valence-electron chi connectivity index (χ2n) is 5.94. The van der Waals surface area contributed by atoms with Gasteiger partial charge in [-0.15, -0.1) is 0 Å². The number of likely N-dealkylation sites (tertiary alicyclic amines) is 1. The average Bonchev–Trinajstić information content (AvgIpc) is 2.98. The van der Waals surface area contributed by atoms with Gasteiger partial charge in [-0.25, -0.2) is 0 Å². The van der Waals surface area contributed by atoms with Gasteiger partial charge in [0.05, 0.1) is 0 Å². The third-order valence-electron chi connectivity index (χ3n) is 3.86. The zero-order valence-corrected chi connectivity index (χ0v) is 13.0. The van der Waals surface area contributed by atoms with Crippen LogP contribution in [0.3, 0.4) is 0 Å². The Hall–Kier alpha value is -2.14. The molecule has 0 unspecified atom stereocenters. The summed E-state index contributed by atoms with van der Waals surface area (Å²) in [5.41, 5.74) is 2.16. The van der Waals surface area contributed by atoms with E-state index in [1.54, 1.807) is 0 Å². The van der Waals surface area contributed by atoms with E-state index in [-0.39, 0.29) is 0 Å². The SMILES string of the molecule is C=C(C)CN1CCC(Nc2noc(-c3ccccc3)n2)CC1. The Morgan fingerprint density at radius 1 is 1.32 bits per heavy atom. The van der Waals surface area contributed by atoms with Gasteiger partial charge in [0, 0.05) is 31.2 Å². The molecule has 0 bridgehead atoms. The molecule has 0 radical (unpaired) electrons. The highest BCUT2D eigenvalue weighted by atomic mass is 16.5. The van der Waals surface area contributed by atoms with Crippen LogP contribution in [0.4, 0.5) is 5.95 Å². The van der Waals surface area contributed by atoms with Crippen LogP contribution in [-0.4, -0.2) is 40.7 Å². The lowest BCUT2D eigenvalue weighted by molar-refractivity contribution is 0.235. The summed E-state index contributed by atoms with van der Waals surface area (Å²) >= 11 is 0. The molecule has 0 spiro atoms. The second kappa shape index (κ2) is 6.75. The molecule has 1 N–H and O–H groups in total. The minimum Gasteiger partial charge on any atom is -0.349 e. The highest BCUT2D eigenvalue weighted by molar-refractivity contribution is 5.53. The summed E-state index contributed by atoms with van der Waals surface area (Å²) in [6.07, 6.45) is 2.17. The van der Waals surface area contributed by atoms with Gasteiger partial charge in [-0.1, -0.05) is 30.4 Å². The Morgan fingerprint density at radius 2 is 2.05 bits per heavy atom.